The molecule has 1 aliphatic heterocycles. The van der Waals surface area contributed by atoms with Gasteiger partial charge in [0, 0.05) is 29.5 Å². The molecule has 4 rings (SSSR count). The third-order valence-electron chi connectivity index (χ3n) is 5.29. The largest absolute Gasteiger partial charge is 0.507 e. The number of carbonyl (C=O) groups is 2. The predicted octanol–water partition coefficient (Wildman–Crippen LogP) is 5.38. The monoisotopic (exact) mass is 472 g/mol. The summed E-state index contributed by atoms with van der Waals surface area (Å²) in [6.07, 6.45) is -1.63. The molecule has 5 nitrogen and oxygen atoms in total. The number of alkyl halides is 3. The van der Waals surface area contributed by atoms with Gasteiger partial charge in [0.05, 0.1) is 17.2 Å². The van der Waals surface area contributed by atoms with Crippen LogP contribution in [-0.2, 0) is 22.3 Å². The summed E-state index contributed by atoms with van der Waals surface area (Å²) >= 11 is 5.90. The molecule has 33 heavy (non-hydrogen) atoms. The highest BCUT2D eigenvalue weighted by Crippen LogP contribution is 2.40. The highest BCUT2D eigenvalue weighted by Gasteiger charge is 2.46. The van der Waals surface area contributed by atoms with E-state index >= 15 is 0 Å². The summed E-state index contributed by atoms with van der Waals surface area (Å²) in [5.41, 5.74) is -0.0850. The zero-order chi connectivity index (χ0) is 23.8. The molecule has 0 spiro atoms. The molecule has 9 heteroatoms. The normalized spacial score (nSPS) is 18.1. The lowest BCUT2D eigenvalue weighted by molar-refractivity contribution is -0.140. The molecule has 1 atom stereocenters. The third kappa shape index (κ3) is 4.47. The molecule has 168 valence electrons. The maximum Gasteiger partial charge on any atom is 0.416 e. The second-order valence-corrected chi connectivity index (χ2v) is 7.85. The maximum atomic E-state index is 13.2. The smallest absolute Gasteiger partial charge is 0.416 e. The Morgan fingerprint density at radius 1 is 1.03 bits per heavy atom. The van der Waals surface area contributed by atoms with E-state index in [9.17, 15) is 27.9 Å². The van der Waals surface area contributed by atoms with Crippen molar-refractivity contribution in [3.05, 3.63) is 106 Å². The van der Waals surface area contributed by atoms with Crippen LogP contribution in [0, 0.1) is 0 Å². The van der Waals surface area contributed by atoms with E-state index < -0.39 is 35.2 Å². The molecule has 2 aromatic carbocycles. The molecule has 1 aliphatic rings. The van der Waals surface area contributed by atoms with Gasteiger partial charge in [0.15, 0.2) is 0 Å². The molecular weight excluding hydrogens is 457 g/mol. The van der Waals surface area contributed by atoms with E-state index in [1.807, 2.05) is 0 Å². The van der Waals surface area contributed by atoms with Crippen molar-refractivity contribution in [3.8, 4) is 0 Å². The minimum absolute atomic E-state index is 0.166. The van der Waals surface area contributed by atoms with E-state index in [1.54, 1.807) is 12.1 Å². The van der Waals surface area contributed by atoms with Crippen molar-refractivity contribution in [2.45, 2.75) is 18.8 Å². The van der Waals surface area contributed by atoms with E-state index in [-0.39, 0.29) is 23.2 Å². The Bertz CT molecular complexity index is 1240. The summed E-state index contributed by atoms with van der Waals surface area (Å²) in [6.45, 7) is -0.265. The summed E-state index contributed by atoms with van der Waals surface area (Å²) in [5.74, 6) is -2.26. The molecule has 1 unspecified atom stereocenters. The Hall–Kier alpha value is -3.65. The van der Waals surface area contributed by atoms with Crippen LogP contribution in [-0.4, -0.2) is 26.7 Å². The summed E-state index contributed by atoms with van der Waals surface area (Å²) in [6, 6.07) is 12.7. The molecular formula is C24H16ClF3N2O3. The quantitative estimate of drug-likeness (QED) is 0.314. The summed E-state index contributed by atoms with van der Waals surface area (Å²) in [7, 11) is 0. The van der Waals surface area contributed by atoms with Crippen molar-refractivity contribution in [2.24, 2.45) is 0 Å². The van der Waals surface area contributed by atoms with E-state index in [0.29, 0.717) is 10.6 Å². The fourth-order valence-electron chi connectivity index (χ4n) is 3.74. The van der Waals surface area contributed by atoms with Crippen molar-refractivity contribution in [2.75, 3.05) is 0 Å². The van der Waals surface area contributed by atoms with E-state index in [0.717, 1.165) is 17.0 Å². The van der Waals surface area contributed by atoms with Gasteiger partial charge in [-0.3, -0.25) is 14.6 Å². The van der Waals surface area contributed by atoms with Gasteiger partial charge in [0.25, 0.3) is 11.7 Å². The van der Waals surface area contributed by atoms with Gasteiger partial charge < -0.3 is 10.0 Å². The number of Topliss-reactive ketones (excluding diaryl/α,β-unsaturated/α-hetero) is 1. The van der Waals surface area contributed by atoms with Gasteiger partial charge in [-0.1, -0.05) is 23.7 Å². The number of amides is 1. The van der Waals surface area contributed by atoms with Crippen LogP contribution < -0.4 is 0 Å². The predicted molar refractivity (Wildman–Crippen MR) is 115 cm³/mol. The average molecular weight is 473 g/mol. The lowest BCUT2D eigenvalue weighted by Crippen LogP contribution is -2.29. The van der Waals surface area contributed by atoms with Crippen LogP contribution in [0.25, 0.3) is 5.76 Å². The summed E-state index contributed by atoms with van der Waals surface area (Å²) in [5, 5.41) is 11.4. The number of rotatable bonds is 4. The van der Waals surface area contributed by atoms with Gasteiger partial charge in [-0.25, -0.2) is 0 Å². The first kappa shape index (κ1) is 22.5. The first-order valence-corrected chi connectivity index (χ1v) is 10.1. The molecule has 1 saturated heterocycles. The number of hydrogen-bond acceptors (Lipinski definition) is 4. The van der Waals surface area contributed by atoms with Crippen LogP contribution in [0.3, 0.4) is 0 Å². The van der Waals surface area contributed by atoms with Gasteiger partial charge in [0.1, 0.15) is 5.76 Å². The minimum atomic E-state index is -4.55. The fraction of sp³-hybridized carbons (Fsp3) is 0.125. The van der Waals surface area contributed by atoms with E-state index in [2.05, 4.69) is 4.98 Å². The number of halogens is 4. The van der Waals surface area contributed by atoms with Gasteiger partial charge in [-0.2, -0.15) is 13.2 Å². The van der Waals surface area contributed by atoms with Gasteiger partial charge in [0.2, 0.25) is 0 Å². The molecule has 1 amide bonds. The lowest BCUT2D eigenvalue weighted by Gasteiger charge is -2.25. The second-order valence-electron chi connectivity index (χ2n) is 7.41. The van der Waals surface area contributed by atoms with Crippen molar-refractivity contribution < 1.29 is 27.9 Å². The standard InChI is InChI=1S/C24H16ClF3N2O3/c25-18-6-4-16(5-7-18)21(31)19-20(15-8-10-29-11-9-15)30(23(33)22(19)32)13-14-2-1-3-17(12-14)24(26,27)28/h1-12,20,31H,13H2/b21-19+. The van der Waals surface area contributed by atoms with Gasteiger partial charge in [-0.05, 0) is 59.7 Å². The number of pyridine rings is 1. The van der Waals surface area contributed by atoms with Crippen molar-refractivity contribution in [1.82, 2.24) is 9.88 Å². The maximum absolute atomic E-state index is 13.2. The van der Waals surface area contributed by atoms with Crippen LogP contribution >= 0.6 is 11.6 Å². The van der Waals surface area contributed by atoms with Crippen molar-refractivity contribution in [3.63, 3.8) is 0 Å². The van der Waals surface area contributed by atoms with E-state index in [4.69, 9.17) is 11.6 Å². The van der Waals surface area contributed by atoms with Crippen LogP contribution in [0.1, 0.15) is 28.3 Å². The lowest BCUT2D eigenvalue weighted by atomic mass is 9.96. The zero-order valence-electron chi connectivity index (χ0n) is 16.9. The summed E-state index contributed by atoms with van der Waals surface area (Å²) in [4.78, 5) is 31.0. The number of aliphatic hydroxyl groups is 1. The first-order chi connectivity index (χ1) is 15.7. The number of likely N-dealkylation sites (tertiary alicyclic amines) is 1. The van der Waals surface area contributed by atoms with E-state index in [1.165, 1.54) is 48.8 Å². The average Bonchev–Trinajstić information content (AvgIpc) is 3.04. The number of hydrogen-bond donors (Lipinski definition) is 1. The minimum Gasteiger partial charge on any atom is -0.507 e. The van der Waals surface area contributed by atoms with Crippen molar-refractivity contribution >= 4 is 29.1 Å². The van der Waals surface area contributed by atoms with Gasteiger partial charge >= 0.3 is 6.18 Å². The topological polar surface area (TPSA) is 70.5 Å². The molecule has 0 saturated carbocycles. The number of carbonyl (C=O) groups excluding carboxylic acids is 2. The number of ketones is 1. The highest BCUT2D eigenvalue weighted by molar-refractivity contribution is 6.46. The Morgan fingerprint density at radius 3 is 2.33 bits per heavy atom. The van der Waals surface area contributed by atoms with Crippen LogP contribution in [0.5, 0.6) is 0 Å². The Balaban J connectivity index is 1.82. The molecule has 3 aromatic rings. The third-order valence-corrected chi connectivity index (χ3v) is 5.54. The summed E-state index contributed by atoms with van der Waals surface area (Å²) < 4.78 is 39.5. The molecule has 2 heterocycles. The number of aliphatic hydroxyl groups excluding tert-OH is 1. The Morgan fingerprint density at radius 2 is 1.70 bits per heavy atom. The first-order valence-electron chi connectivity index (χ1n) is 9.77. The molecule has 0 aliphatic carbocycles. The molecule has 1 fully saturated rings. The number of benzene rings is 2. The Kier molecular flexibility index (Phi) is 5.95. The molecule has 0 bridgehead atoms. The molecule has 0 radical (unpaired) electrons. The molecule has 1 N–H and O–H groups in total. The van der Waals surface area contributed by atoms with Gasteiger partial charge in [-0.15, -0.1) is 0 Å². The van der Waals surface area contributed by atoms with Crippen LogP contribution in [0.4, 0.5) is 13.2 Å². The Labute approximate surface area is 191 Å². The zero-order valence-corrected chi connectivity index (χ0v) is 17.6. The SMILES string of the molecule is O=C1C(=O)N(Cc2cccc(C(F)(F)F)c2)C(c2ccncc2)/C1=C(\O)c1ccc(Cl)cc1. The second kappa shape index (κ2) is 8.71. The van der Waals surface area contributed by atoms with Crippen molar-refractivity contribution in [1.29, 1.82) is 0 Å². The highest BCUT2D eigenvalue weighted by atomic mass is 35.5. The van der Waals surface area contributed by atoms with Crippen LogP contribution in [0.15, 0.2) is 78.6 Å². The van der Waals surface area contributed by atoms with Crippen LogP contribution in [0.2, 0.25) is 5.02 Å². The number of aromatic nitrogens is 1. The number of nitrogens with zero attached hydrogens (tertiary/aromatic N) is 2. The fourth-order valence-corrected chi connectivity index (χ4v) is 3.87. The molecule has 1 aromatic heterocycles.